The fourth-order valence-corrected chi connectivity index (χ4v) is 9.57. The van der Waals surface area contributed by atoms with Crippen LogP contribution in [-0.4, -0.2) is 47.4 Å². The highest BCUT2D eigenvalue weighted by molar-refractivity contribution is 5.76. The largest absolute Gasteiger partial charge is 0.466 e. The van der Waals surface area contributed by atoms with E-state index in [1.165, 1.54) is 257 Å². The molecular weight excluding hydrogens is 863 g/mol. The summed E-state index contributed by atoms with van der Waals surface area (Å²) in [6, 6.07) is -0.633. The van der Waals surface area contributed by atoms with Crippen molar-refractivity contribution in [3.05, 3.63) is 36.5 Å². The molecule has 0 heterocycles. The zero-order chi connectivity index (χ0) is 50.7. The van der Waals surface area contributed by atoms with Gasteiger partial charge in [0.25, 0.3) is 0 Å². The molecule has 6 nitrogen and oxygen atoms in total. The summed E-state index contributed by atoms with van der Waals surface area (Å²) in [5, 5.41) is 23.2. The van der Waals surface area contributed by atoms with Crippen LogP contribution in [0.5, 0.6) is 0 Å². The van der Waals surface area contributed by atoms with Crippen LogP contribution in [0, 0.1) is 0 Å². The number of hydrogen-bond acceptors (Lipinski definition) is 5. The highest BCUT2D eigenvalue weighted by Gasteiger charge is 2.18. The van der Waals surface area contributed by atoms with E-state index in [0.717, 1.165) is 51.4 Å². The molecule has 1 amide bonds. The van der Waals surface area contributed by atoms with Crippen molar-refractivity contribution in [1.29, 1.82) is 0 Å². The molecule has 0 saturated heterocycles. The molecule has 0 radical (unpaired) electrons. The highest BCUT2D eigenvalue weighted by atomic mass is 16.5. The van der Waals surface area contributed by atoms with Crippen molar-refractivity contribution in [2.24, 2.45) is 0 Å². The molecule has 70 heavy (non-hydrogen) atoms. The lowest BCUT2D eigenvalue weighted by atomic mass is 10.0. The summed E-state index contributed by atoms with van der Waals surface area (Å²) in [5.41, 5.74) is 0. The van der Waals surface area contributed by atoms with Crippen molar-refractivity contribution < 1.29 is 24.5 Å². The smallest absolute Gasteiger partial charge is 0.305 e. The van der Waals surface area contributed by atoms with Gasteiger partial charge >= 0.3 is 5.97 Å². The van der Waals surface area contributed by atoms with Gasteiger partial charge in [0.05, 0.1) is 25.4 Å². The number of rotatable bonds is 58. The number of aliphatic hydroxyl groups excluding tert-OH is 2. The normalized spacial score (nSPS) is 12.8. The molecule has 0 spiro atoms. The molecule has 0 bridgehead atoms. The number of esters is 1. The fourth-order valence-electron chi connectivity index (χ4n) is 9.57. The number of ether oxygens (including phenoxy) is 1. The van der Waals surface area contributed by atoms with Crippen LogP contribution >= 0.6 is 0 Å². The molecule has 2 atom stereocenters. The molecule has 2 unspecified atom stereocenters. The van der Waals surface area contributed by atoms with Gasteiger partial charge in [0.1, 0.15) is 0 Å². The Morgan fingerprint density at radius 3 is 1.01 bits per heavy atom. The van der Waals surface area contributed by atoms with Crippen LogP contribution in [0.2, 0.25) is 0 Å². The van der Waals surface area contributed by atoms with E-state index < -0.39 is 12.1 Å². The molecule has 0 aliphatic rings. The van der Waals surface area contributed by atoms with Crippen LogP contribution < -0.4 is 5.32 Å². The SMILES string of the molecule is CCCCCCC/C=C\CCCCCCCC(=O)OCCCCCCCCCCCCC/C=C\CCCCCCCCCC(=O)NC(CO)C(O)/C=C/CCCCCCCCCCCCCCCCC. The van der Waals surface area contributed by atoms with Crippen LogP contribution in [0.4, 0.5) is 0 Å². The number of carbonyl (C=O) groups is 2. The van der Waals surface area contributed by atoms with Gasteiger partial charge in [-0.3, -0.25) is 9.59 Å². The topological polar surface area (TPSA) is 95.9 Å². The number of aliphatic hydroxyl groups is 2. The summed E-state index contributed by atoms with van der Waals surface area (Å²) in [5.74, 6) is -0.0726. The van der Waals surface area contributed by atoms with E-state index in [0.29, 0.717) is 19.4 Å². The van der Waals surface area contributed by atoms with Gasteiger partial charge in [0, 0.05) is 12.8 Å². The molecular formula is C64H121NO5. The minimum Gasteiger partial charge on any atom is -0.466 e. The maximum Gasteiger partial charge on any atom is 0.305 e. The third-order valence-corrected chi connectivity index (χ3v) is 14.4. The highest BCUT2D eigenvalue weighted by Crippen LogP contribution is 2.17. The summed E-state index contributed by atoms with van der Waals surface area (Å²) in [7, 11) is 0. The van der Waals surface area contributed by atoms with Crippen LogP contribution in [0.15, 0.2) is 36.5 Å². The molecule has 0 saturated carbocycles. The van der Waals surface area contributed by atoms with Gasteiger partial charge in [-0.1, -0.05) is 275 Å². The maximum absolute atomic E-state index is 12.5. The Hall–Kier alpha value is -1.92. The first-order valence-corrected chi connectivity index (χ1v) is 31.3. The van der Waals surface area contributed by atoms with Gasteiger partial charge in [0.2, 0.25) is 5.91 Å². The minimum atomic E-state index is -0.849. The van der Waals surface area contributed by atoms with E-state index in [9.17, 15) is 19.8 Å². The van der Waals surface area contributed by atoms with Gasteiger partial charge in [-0.05, 0) is 83.5 Å². The molecule has 412 valence electrons. The molecule has 0 aromatic rings. The number of nitrogens with one attached hydrogen (secondary N) is 1. The zero-order valence-corrected chi connectivity index (χ0v) is 47.0. The molecule has 0 aromatic heterocycles. The first-order chi connectivity index (χ1) is 34.5. The van der Waals surface area contributed by atoms with Crippen LogP contribution in [0.25, 0.3) is 0 Å². The van der Waals surface area contributed by atoms with Crippen LogP contribution in [0.1, 0.15) is 335 Å². The minimum absolute atomic E-state index is 0.000864. The Morgan fingerprint density at radius 1 is 0.386 bits per heavy atom. The van der Waals surface area contributed by atoms with Crippen molar-refractivity contribution in [3.8, 4) is 0 Å². The first kappa shape index (κ1) is 68.1. The molecule has 6 heteroatoms. The Labute approximate surface area is 436 Å². The monoisotopic (exact) mass is 984 g/mol. The number of hydrogen-bond donors (Lipinski definition) is 3. The number of unbranched alkanes of at least 4 members (excludes halogenated alkanes) is 43. The Bertz CT molecular complexity index is 1130. The second kappa shape index (κ2) is 59.6. The van der Waals surface area contributed by atoms with E-state index in [1.54, 1.807) is 6.08 Å². The summed E-state index contributed by atoms with van der Waals surface area (Å²) in [4.78, 5) is 24.5. The number of amides is 1. The first-order valence-electron chi connectivity index (χ1n) is 31.3. The second-order valence-corrected chi connectivity index (χ2v) is 21.4. The second-order valence-electron chi connectivity index (χ2n) is 21.4. The van der Waals surface area contributed by atoms with E-state index in [1.807, 2.05) is 6.08 Å². The molecule has 0 aliphatic carbocycles. The number of allylic oxidation sites excluding steroid dienone is 5. The summed E-state index contributed by atoms with van der Waals surface area (Å²) < 4.78 is 5.47. The van der Waals surface area contributed by atoms with Gasteiger partial charge in [-0.25, -0.2) is 0 Å². The molecule has 3 N–H and O–H groups in total. The lowest BCUT2D eigenvalue weighted by molar-refractivity contribution is -0.143. The molecule has 0 rings (SSSR count). The summed E-state index contributed by atoms with van der Waals surface area (Å²) in [6.45, 7) is 4.90. The predicted molar refractivity (Wildman–Crippen MR) is 306 cm³/mol. The Balaban J connectivity index is 3.45. The number of carbonyl (C=O) groups excluding carboxylic acids is 2. The predicted octanol–water partition coefficient (Wildman–Crippen LogP) is 19.6. The van der Waals surface area contributed by atoms with E-state index in [4.69, 9.17) is 4.74 Å². The third-order valence-electron chi connectivity index (χ3n) is 14.4. The Kier molecular flexibility index (Phi) is 58.0. The van der Waals surface area contributed by atoms with Crippen molar-refractivity contribution >= 4 is 11.9 Å². The lowest BCUT2D eigenvalue weighted by Crippen LogP contribution is -2.45. The van der Waals surface area contributed by atoms with Crippen molar-refractivity contribution in [2.75, 3.05) is 13.2 Å². The van der Waals surface area contributed by atoms with Crippen LogP contribution in [-0.2, 0) is 14.3 Å². The molecule has 0 aromatic carbocycles. The van der Waals surface area contributed by atoms with Gasteiger partial charge in [-0.15, -0.1) is 0 Å². The average Bonchev–Trinajstić information content (AvgIpc) is 3.36. The van der Waals surface area contributed by atoms with Gasteiger partial charge in [0.15, 0.2) is 0 Å². The summed E-state index contributed by atoms with van der Waals surface area (Å²) >= 11 is 0. The zero-order valence-electron chi connectivity index (χ0n) is 47.0. The lowest BCUT2D eigenvalue weighted by Gasteiger charge is -2.20. The molecule has 0 aliphatic heterocycles. The van der Waals surface area contributed by atoms with E-state index >= 15 is 0 Å². The van der Waals surface area contributed by atoms with Gasteiger partial charge < -0.3 is 20.3 Å². The van der Waals surface area contributed by atoms with E-state index in [-0.39, 0.29) is 18.5 Å². The average molecular weight is 985 g/mol. The quantitative estimate of drug-likeness (QED) is 0.0321. The maximum atomic E-state index is 12.5. The van der Waals surface area contributed by atoms with Crippen molar-refractivity contribution in [2.45, 2.75) is 347 Å². The Morgan fingerprint density at radius 2 is 0.671 bits per heavy atom. The standard InChI is InChI=1S/C64H121NO5/c1-3-5-7-9-11-13-15-17-19-26-29-32-36-40-44-48-52-56-62(67)61(60-66)65-63(68)57-53-49-45-41-37-33-30-27-24-22-20-21-23-25-28-31-35-39-43-47-51-55-59-70-64(69)58-54-50-46-42-38-34-18-16-14-12-10-8-6-4-2/h16,18,22,24,52,56,61-62,66-67H,3-15,17,19-21,23,25-51,53-55,57-60H2,1-2H3,(H,65,68)/b18-16-,24-22-,56-52+. The fraction of sp³-hybridized carbons (Fsp3) is 0.875. The molecule has 0 fully saturated rings. The van der Waals surface area contributed by atoms with Crippen molar-refractivity contribution in [1.82, 2.24) is 5.32 Å². The van der Waals surface area contributed by atoms with Gasteiger partial charge in [-0.2, -0.15) is 0 Å². The third kappa shape index (κ3) is 55.4. The summed E-state index contributed by atoms with van der Waals surface area (Å²) in [6.07, 6.45) is 74.7. The van der Waals surface area contributed by atoms with Crippen LogP contribution in [0.3, 0.4) is 0 Å². The van der Waals surface area contributed by atoms with Crippen molar-refractivity contribution in [3.63, 3.8) is 0 Å². The van der Waals surface area contributed by atoms with E-state index in [2.05, 4.69) is 43.5 Å².